The summed E-state index contributed by atoms with van der Waals surface area (Å²) in [6, 6.07) is 9.34. The molecule has 0 saturated heterocycles. The minimum absolute atomic E-state index is 0.0673. The van der Waals surface area contributed by atoms with Gasteiger partial charge in [-0.3, -0.25) is 4.79 Å². The van der Waals surface area contributed by atoms with Gasteiger partial charge in [-0.15, -0.1) is 11.8 Å². The summed E-state index contributed by atoms with van der Waals surface area (Å²) < 4.78 is 5.48. The van der Waals surface area contributed by atoms with Crippen LogP contribution in [0.1, 0.15) is 16.8 Å². The van der Waals surface area contributed by atoms with Crippen molar-refractivity contribution in [3.8, 4) is 0 Å². The van der Waals surface area contributed by atoms with Crippen LogP contribution in [0.2, 0.25) is 0 Å². The number of allylic oxidation sites excluding steroid dienone is 2. The summed E-state index contributed by atoms with van der Waals surface area (Å²) >= 11 is 1.64. The molecule has 0 fully saturated rings. The second-order valence-electron chi connectivity index (χ2n) is 4.11. The van der Waals surface area contributed by atoms with Gasteiger partial charge in [-0.05, 0) is 12.3 Å². The fourth-order valence-corrected chi connectivity index (χ4v) is 2.54. The Labute approximate surface area is 112 Å². The molecule has 3 heteroatoms. The third kappa shape index (κ3) is 2.57. The average Bonchev–Trinajstić information content (AvgIpc) is 2.47. The molecule has 0 aliphatic heterocycles. The molecule has 0 spiro atoms. The van der Waals surface area contributed by atoms with Gasteiger partial charge < -0.3 is 4.74 Å². The minimum atomic E-state index is -0.319. The lowest BCUT2D eigenvalue weighted by Crippen LogP contribution is -2.25. The normalized spacial score (nSPS) is 22.7. The van der Waals surface area contributed by atoms with Gasteiger partial charge in [0.25, 0.3) is 0 Å². The molecule has 1 atom stereocenters. The maximum absolute atomic E-state index is 12.2. The second-order valence-corrected chi connectivity index (χ2v) is 5.21. The number of ketones is 1. The van der Waals surface area contributed by atoms with Crippen LogP contribution in [0.5, 0.6) is 0 Å². The van der Waals surface area contributed by atoms with E-state index >= 15 is 0 Å². The molecule has 94 valence electrons. The molecule has 1 aromatic carbocycles. The molecule has 0 heterocycles. The number of benzene rings is 1. The van der Waals surface area contributed by atoms with E-state index in [9.17, 15) is 4.79 Å². The first-order chi connectivity index (χ1) is 8.71. The van der Waals surface area contributed by atoms with Crippen LogP contribution in [0.4, 0.5) is 0 Å². The van der Waals surface area contributed by atoms with E-state index in [-0.39, 0.29) is 10.7 Å². The predicted octanol–water partition coefficient (Wildman–Crippen LogP) is 3.46. The number of Topliss-reactive ketones (excluding diaryl/α,β-unsaturated/α-hetero) is 1. The monoisotopic (exact) mass is 260 g/mol. The highest BCUT2D eigenvalue weighted by molar-refractivity contribution is 8.00. The third-order valence-corrected chi connectivity index (χ3v) is 4.27. The first-order valence-corrected chi connectivity index (χ1v) is 7.03. The van der Waals surface area contributed by atoms with E-state index in [0.29, 0.717) is 0 Å². The van der Waals surface area contributed by atoms with Crippen LogP contribution < -0.4 is 0 Å². The summed E-state index contributed by atoms with van der Waals surface area (Å²) in [6.07, 6.45) is 8.50. The molecular formula is C15H16O2S. The highest BCUT2D eigenvalue weighted by Crippen LogP contribution is 2.34. The van der Waals surface area contributed by atoms with E-state index in [1.807, 2.05) is 54.8 Å². The van der Waals surface area contributed by atoms with Gasteiger partial charge >= 0.3 is 0 Å². The van der Waals surface area contributed by atoms with Crippen molar-refractivity contribution >= 4 is 17.5 Å². The molecule has 0 radical (unpaired) electrons. The number of methoxy groups -OCH3 is 1. The standard InChI is InChI=1S/C15H16O2S/c1-17-15(18-2)10-8-13(9-11-15)14(16)12-6-4-3-5-7-12/h3-10H,11H2,1-2H3. The van der Waals surface area contributed by atoms with Crippen molar-refractivity contribution in [2.75, 3.05) is 13.4 Å². The summed E-state index contributed by atoms with van der Waals surface area (Å²) in [6.45, 7) is 0. The molecule has 2 rings (SSSR count). The third-order valence-electron chi connectivity index (χ3n) is 3.11. The molecule has 1 aliphatic rings. The maximum atomic E-state index is 12.2. The number of carbonyl (C=O) groups is 1. The molecule has 1 aromatic rings. The smallest absolute Gasteiger partial charge is 0.192 e. The van der Waals surface area contributed by atoms with Crippen LogP contribution in [0.25, 0.3) is 0 Å². The average molecular weight is 260 g/mol. The minimum Gasteiger partial charge on any atom is -0.364 e. The van der Waals surface area contributed by atoms with Gasteiger partial charge in [0.15, 0.2) is 5.78 Å². The van der Waals surface area contributed by atoms with Gasteiger partial charge in [0.05, 0.1) is 0 Å². The molecule has 0 N–H and O–H groups in total. The Balaban J connectivity index is 2.17. The van der Waals surface area contributed by atoms with E-state index in [1.165, 1.54) is 0 Å². The second kappa shape index (κ2) is 5.55. The van der Waals surface area contributed by atoms with Crippen molar-refractivity contribution in [2.45, 2.75) is 11.4 Å². The topological polar surface area (TPSA) is 26.3 Å². The molecule has 0 bridgehead atoms. The lowest BCUT2D eigenvalue weighted by atomic mass is 9.97. The number of hydrogen-bond donors (Lipinski definition) is 0. The molecule has 0 amide bonds. The number of rotatable bonds is 4. The van der Waals surface area contributed by atoms with Gasteiger partial charge in [0.1, 0.15) is 4.93 Å². The largest absolute Gasteiger partial charge is 0.364 e. The van der Waals surface area contributed by atoms with Gasteiger partial charge in [-0.2, -0.15) is 0 Å². The Kier molecular flexibility index (Phi) is 4.04. The first-order valence-electron chi connectivity index (χ1n) is 5.80. The lowest BCUT2D eigenvalue weighted by Gasteiger charge is -2.28. The van der Waals surface area contributed by atoms with Crippen molar-refractivity contribution < 1.29 is 9.53 Å². The molecule has 18 heavy (non-hydrogen) atoms. The molecule has 1 unspecified atom stereocenters. The SMILES string of the molecule is COC1(SC)C=CC(C(=O)c2ccccc2)=CC1. The Hall–Kier alpha value is -1.32. The lowest BCUT2D eigenvalue weighted by molar-refractivity contribution is 0.102. The Morgan fingerprint density at radius 2 is 2.06 bits per heavy atom. The van der Waals surface area contributed by atoms with Crippen LogP contribution in [-0.4, -0.2) is 24.1 Å². The fraction of sp³-hybridized carbons (Fsp3) is 0.267. The Morgan fingerprint density at radius 1 is 1.33 bits per heavy atom. The summed E-state index contributed by atoms with van der Waals surface area (Å²) in [5, 5.41) is 0. The maximum Gasteiger partial charge on any atom is 0.192 e. The van der Waals surface area contributed by atoms with Crippen LogP contribution in [0.15, 0.2) is 54.1 Å². The van der Waals surface area contributed by atoms with Crippen molar-refractivity contribution in [1.29, 1.82) is 0 Å². The van der Waals surface area contributed by atoms with Gasteiger partial charge in [0, 0.05) is 24.7 Å². The molecule has 1 aliphatic carbocycles. The summed E-state index contributed by atoms with van der Waals surface area (Å²) in [4.78, 5) is 11.9. The number of hydrogen-bond acceptors (Lipinski definition) is 3. The van der Waals surface area contributed by atoms with Crippen molar-refractivity contribution in [1.82, 2.24) is 0 Å². The van der Waals surface area contributed by atoms with Crippen molar-refractivity contribution in [2.24, 2.45) is 0 Å². The van der Waals surface area contributed by atoms with E-state index in [0.717, 1.165) is 17.6 Å². The van der Waals surface area contributed by atoms with Crippen LogP contribution >= 0.6 is 11.8 Å². The van der Waals surface area contributed by atoms with Crippen molar-refractivity contribution in [3.63, 3.8) is 0 Å². The number of carbonyl (C=O) groups excluding carboxylic acids is 1. The van der Waals surface area contributed by atoms with E-state index < -0.39 is 0 Å². The predicted molar refractivity (Wildman–Crippen MR) is 75.9 cm³/mol. The Bertz CT molecular complexity index is 484. The Morgan fingerprint density at radius 3 is 2.56 bits per heavy atom. The van der Waals surface area contributed by atoms with Gasteiger partial charge in [0.2, 0.25) is 0 Å². The fourth-order valence-electron chi connectivity index (χ4n) is 1.92. The zero-order valence-electron chi connectivity index (χ0n) is 10.6. The summed E-state index contributed by atoms with van der Waals surface area (Å²) in [5.41, 5.74) is 1.46. The van der Waals surface area contributed by atoms with Gasteiger partial charge in [-0.25, -0.2) is 0 Å². The van der Waals surface area contributed by atoms with Gasteiger partial charge in [-0.1, -0.05) is 42.5 Å². The number of thioether (sulfide) groups is 1. The van der Waals surface area contributed by atoms with Crippen LogP contribution in [0.3, 0.4) is 0 Å². The highest BCUT2D eigenvalue weighted by Gasteiger charge is 2.28. The molecular weight excluding hydrogens is 244 g/mol. The van der Waals surface area contributed by atoms with Crippen molar-refractivity contribution in [3.05, 3.63) is 59.7 Å². The quantitative estimate of drug-likeness (QED) is 0.612. The number of ether oxygens (including phenoxy) is 1. The molecule has 2 nitrogen and oxygen atoms in total. The molecule has 0 aromatic heterocycles. The zero-order valence-corrected chi connectivity index (χ0v) is 11.4. The van der Waals surface area contributed by atoms with E-state index in [1.54, 1.807) is 18.9 Å². The van der Waals surface area contributed by atoms with E-state index in [2.05, 4.69) is 0 Å². The molecule has 0 saturated carbocycles. The summed E-state index contributed by atoms with van der Waals surface area (Å²) in [5.74, 6) is 0.0673. The summed E-state index contributed by atoms with van der Waals surface area (Å²) in [7, 11) is 1.69. The van der Waals surface area contributed by atoms with E-state index in [4.69, 9.17) is 4.74 Å². The first kappa shape index (κ1) is 13.1. The highest BCUT2D eigenvalue weighted by atomic mass is 32.2. The van der Waals surface area contributed by atoms with Crippen LogP contribution in [0, 0.1) is 0 Å². The van der Waals surface area contributed by atoms with Crippen LogP contribution in [-0.2, 0) is 4.74 Å². The zero-order chi connectivity index (χ0) is 13.0.